The molecule has 1 N–H and O–H groups in total. The van der Waals surface area contributed by atoms with Gasteiger partial charge in [0.1, 0.15) is 0 Å². The number of nitrogens with one attached hydrogen (secondary N) is 1. The predicted molar refractivity (Wildman–Crippen MR) is 83.4 cm³/mol. The summed E-state index contributed by atoms with van der Waals surface area (Å²) in [5.74, 6) is 0.756. The SMILES string of the molecule is CCCN1CCC(CNC)C1c1cc(Br)c(C)s1. The van der Waals surface area contributed by atoms with Crippen LogP contribution in [0.15, 0.2) is 10.5 Å². The Morgan fingerprint density at radius 2 is 2.33 bits per heavy atom. The second kappa shape index (κ2) is 6.51. The van der Waals surface area contributed by atoms with Crippen molar-refractivity contribution in [3.63, 3.8) is 0 Å². The van der Waals surface area contributed by atoms with Crippen molar-refractivity contribution >= 4 is 27.3 Å². The number of halogens is 1. The zero-order chi connectivity index (χ0) is 13.1. The van der Waals surface area contributed by atoms with Gasteiger partial charge in [0.05, 0.1) is 0 Å². The maximum Gasteiger partial charge on any atom is 0.0482 e. The third-order valence-electron chi connectivity index (χ3n) is 3.77. The molecule has 1 saturated heterocycles. The van der Waals surface area contributed by atoms with E-state index in [1.807, 2.05) is 11.3 Å². The summed E-state index contributed by atoms with van der Waals surface area (Å²) < 4.78 is 1.27. The lowest BCUT2D eigenvalue weighted by Gasteiger charge is -2.27. The second-order valence-electron chi connectivity index (χ2n) is 5.14. The molecule has 2 rings (SSSR count). The zero-order valence-electron chi connectivity index (χ0n) is 11.5. The number of hydrogen-bond acceptors (Lipinski definition) is 3. The van der Waals surface area contributed by atoms with Gasteiger partial charge in [0.25, 0.3) is 0 Å². The summed E-state index contributed by atoms with van der Waals surface area (Å²) in [7, 11) is 2.06. The summed E-state index contributed by atoms with van der Waals surface area (Å²) in [6, 6.07) is 2.95. The molecule has 0 spiro atoms. The number of nitrogens with zero attached hydrogens (tertiary/aromatic N) is 1. The Labute approximate surface area is 123 Å². The minimum absolute atomic E-state index is 0.618. The molecule has 0 amide bonds. The molecule has 18 heavy (non-hydrogen) atoms. The molecule has 2 atom stereocenters. The molecule has 1 aliphatic heterocycles. The van der Waals surface area contributed by atoms with E-state index in [1.54, 1.807) is 0 Å². The van der Waals surface area contributed by atoms with Gasteiger partial charge in [-0.15, -0.1) is 11.3 Å². The quantitative estimate of drug-likeness (QED) is 0.883. The Balaban J connectivity index is 2.22. The Morgan fingerprint density at radius 3 is 2.89 bits per heavy atom. The highest BCUT2D eigenvalue weighted by molar-refractivity contribution is 9.10. The number of rotatable bonds is 5. The fourth-order valence-electron chi connectivity index (χ4n) is 2.98. The summed E-state index contributed by atoms with van der Waals surface area (Å²) in [6.07, 6.45) is 2.56. The van der Waals surface area contributed by atoms with Crippen LogP contribution >= 0.6 is 27.3 Å². The fraction of sp³-hybridized carbons (Fsp3) is 0.714. The lowest BCUT2D eigenvalue weighted by atomic mass is 9.99. The smallest absolute Gasteiger partial charge is 0.0482 e. The average Bonchev–Trinajstić information content (AvgIpc) is 2.86. The van der Waals surface area contributed by atoms with Gasteiger partial charge < -0.3 is 5.32 Å². The van der Waals surface area contributed by atoms with E-state index in [9.17, 15) is 0 Å². The van der Waals surface area contributed by atoms with E-state index in [1.165, 1.54) is 40.2 Å². The van der Waals surface area contributed by atoms with Crippen molar-refractivity contribution in [3.05, 3.63) is 20.3 Å². The highest BCUT2D eigenvalue weighted by Crippen LogP contribution is 2.42. The first-order chi connectivity index (χ1) is 8.67. The molecule has 1 aliphatic rings. The first-order valence-corrected chi connectivity index (χ1v) is 8.42. The summed E-state index contributed by atoms with van der Waals surface area (Å²) in [4.78, 5) is 5.60. The molecule has 4 heteroatoms. The molecule has 1 fully saturated rings. The van der Waals surface area contributed by atoms with Crippen molar-refractivity contribution in [2.24, 2.45) is 5.92 Å². The zero-order valence-corrected chi connectivity index (χ0v) is 13.9. The van der Waals surface area contributed by atoms with Crippen LogP contribution in [0.25, 0.3) is 0 Å². The van der Waals surface area contributed by atoms with Gasteiger partial charge in [0, 0.05) is 20.3 Å². The Kier molecular flexibility index (Phi) is 5.24. The molecule has 1 aromatic rings. The van der Waals surface area contributed by atoms with Crippen molar-refractivity contribution in [2.45, 2.75) is 32.7 Å². The molecule has 0 bridgehead atoms. The lowest BCUT2D eigenvalue weighted by Crippen LogP contribution is -2.29. The monoisotopic (exact) mass is 330 g/mol. The summed E-state index contributed by atoms with van der Waals surface area (Å²) in [6.45, 7) is 8.07. The molecule has 0 saturated carbocycles. The second-order valence-corrected chi connectivity index (χ2v) is 7.28. The van der Waals surface area contributed by atoms with Crippen molar-refractivity contribution in [1.82, 2.24) is 10.2 Å². The largest absolute Gasteiger partial charge is 0.319 e. The number of likely N-dealkylation sites (tertiary alicyclic amines) is 1. The van der Waals surface area contributed by atoms with Gasteiger partial charge in [-0.2, -0.15) is 0 Å². The molecule has 1 aromatic heterocycles. The molecule has 0 aromatic carbocycles. The molecular weight excluding hydrogens is 308 g/mol. The third kappa shape index (κ3) is 2.98. The van der Waals surface area contributed by atoms with Gasteiger partial charge in [-0.3, -0.25) is 4.90 Å². The van der Waals surface area contributed by atoms with Crippen molar-refractivity contribution in [2.75, 3.05) is 26.7 Å². The average molecular weight is 331 g/mol. The van der Waals surface area contributed by atoms with E-state index in [0.717, 1.165) is 12.5 Å². The van der Waals surface area contributed by atoms with E-state index >= 15 is 0 Å². The standard InChI is InChI=1S/C14H23BrN2S/c1-4-6-17-7-5-11(9-16-3)14(17)13-8-12(15)10(2)18-13/h8,11,14,16H,4-7,9H2,1-3H3. The maximum absolute atomic E-state index is 3.66. The Bertz CT molecular complexity index is 358. The molecule has 0 aliphatic carbocycles. The van der Waals surface area contributed by atoms with Crippen molar-refractivity contribution < 1.29 is 0 Å². The summed E-state index contributed by atoms with van der Waals surface area (Å²) in [5, 5.41) is 3.36. The topological polar surface area (TPSA) is 15.3 Å². The summed E-state index contributed by atoms with van der Waals surface area (Å²) >= 11 is 5.61. The van der Waals surface area contributed by atoms with Gasteiger partial charge >= 0.3 is 0 Å². The highest BCUT2D eigenvalue weighted by Gasteiger charge is 2.35. The predicted octanol–water partition coefficient (Wildman–Crippen LogP) is 3.81. The normalized spacial score (nSPS) is 24.9. The Hall–Kier alpha value is 0.1000. The van der Waals surface area contributed by atoms with Crippen LogP contribution in [0.5, 0.6) is 0 Å². The van der Waals surface area contributed by atoms with Crippen LogP contribution in [0.4, 0.5) is 0 Å². The van der Waals surface area contributed by atoms with E-state index in [4.69, 9.17) is 0 Å². The highest BCUT2D eigenvalue weighted by atomic mass is 79.9. The van der Waals surface area contributed by atoms with E-state index in [2.05, 4.69) is 53.1 Å². The number of aryl methyl sites for hydroxylation is 1. The van der Waals surface area contributed by atoms with E-state index < -0.39 is 0 Å². The maximum atomic E-state index is 3.66. The first-order valence-electron chi connectivity index (χ1n) is 6.81. The molecular formula is C14H23BrN2S. The van der Waals surface area contributed by atoms with Crippen LogP contribution in [-0.2, 0) is 0 Å². The first kappa shape index (κ1) is 14.5. The molecule has 2 unspecified atom stereocenters. The molecule has 2 nitrogen and oxygen atoms in total. The van der Waals surface area contributed by atoms with Crippen LogP contribution in [0, 0.1) is 12.8 Å². The minimum atomic E-state index is 0.618. The fourth-order valence-corrected chi connectivity index (χ4v) is 4.77. The number of hydrogen-bond donors (Lipinski definition) is 1. The Morgan fingerprint density at radius 1 is 1.56 bits per heavy atom. The van der Waals surface area contributed by atoms with Crippen LogP contribution in [0.2, 0.25) is 0 Å². The van der Waals surface area contributed by atoms with Gasteiger partial charge in [0.15, 0.2) is 0 Å². The van der Waals surface area contributed by atoms with Gasteiger partial charge in [-0.05, 0) is 74.4 Å². The molecule has 0 radical (unpaired) electrons. The van der Waals surface area contributed by atoms with Crippen LogP contribution in [0.3, 0.4) is 0 Å². The minimum Gasteiger partial charge on any atom is -0.319 e. The van der Waals surface area contributed by atoms with Crippen LogP contribution in [0.1, 0.15) is 35.6 Å². The molecule has 102 valence electrons. The van der Waals surface area contributed by atoms with Crippen LogP contribution in [-0.4, -0.2) is 31.6 Å². The van der Waals surface area contributed by atoms with E-state index in [-0.39, 0.29) is 0 Å². The van der Waals surface area contributed by atoms with Gasteiger partial charge in [-0.1, -0.05) is 6.92 Å². The van der Waals surface area contributed by atoms with Crippen LogP contribution < -0.4 is 5.32 Å². The van der Waals surface area contributed by atoms with Gasteiger partial charge in [0.2, 0.25) is 0 Å². The number of thiophene rings is 1. The summed E-state index contributed by atoms with van der Waals surface area (Å²) in [5.41, 5.74) is 0. The lowest BCUT2D eigenvalue weighted by molar-refractivity contribution is 0.231. The van der Waals surface area contributed by atoms with E-state index in [0.29, 0.717) is 6.04 Å². The van der Waals surface area contributed by atoms with Crippen molar-refractivity contribution in [3.8, 4) is 0 Å². The molecule has 2 heterocycles. The van der Waals surface area contributed by atoms with Crippen molar-refractivity contribution in [1.29, 1.82) is 0 Å². The van der Waals surface area contributed by atoms with Gasteiger partial charge in [-0.25, -0.2) is 0 Å². The third-order valence-corrected chi connectivity index (χ3v) is 5.98.